The van der Waals surface area contributed by atoms with Crippen molar-refractivity contribution in [2.75, 3.05) is 18.4 Å². The van der Waals surface area contributed by atoms with Gasteiger partial charge in [-0.05, 0) is 52.7 Å². The second kappa shape index (κ2) is 7.50. The number of nitrogens with one attached hydrogen (secondary N) is 1. The summed E-state index contributed by atoms with van der Waals surface area (Å²) in [6.07, 6.45) is 5.59. The standard InChI is InChI=1S/C21H29BN4O3/c1-20(2)21(3,4)29-22(28-20)16-14-23-26(15-16)18-10-12-25(13-11-18)19(27)24-17-8-6-5-7-9-17/h5-9,14-15,18H,10-13H2,1-4H3,(H,24,27). The van der Waals surface area contributed by atoms with Crippen molar-refractivity contribution in [3.63, 3.8) is 0 Å². The van der Waals surface area contributed by atoms with Gasteiger partial charge in [0.05, 0.1) is 17.2 Å². The van der Waals surface area contributed by atoms with Crippen molar-refractivity contribution in [2.45, 2.75) is 57.8 Å². The molecule has 2 fully saturated rings. The highest BCUT2D eigenvalue weighted by atomic mass is 16.7. The van der Waals surface area contributed by atoms with E-state index in [0.717, 1.165) is 24.0 Å². The number of anilines is 1. The molecule has 4 rings (SSSR count). The van der Waals surface area contributed by atoms with Crippen LogP contribution in [0.1, 0.15) is 46.6 Å². The van der Waals surface area contributed by atoms with E-state index in [4.69, 9.17) is 9.31 Å². The molecule has 2 aromatic rings. The summed E-state index contributed by atoms with van der Waals surface area (Å²) in [5, 5.41) is 7.51. The maximum Gasteiger partial charge on any atom is 0.498 e. The molecule has 29 heavy (non-hydrogen) atoms. The lowest BCUT2D eigenvalue weighted by atomic mass is 9.82. The molecular formula is C21H29BN4O3. The van der Waals surface area contributed by atoms with Gasteiger partial charge in [-0.3, -0.25) is 4.68 Å². The van der Waals surface area contributed by atoms with Crippen LogP contribution in [0.25, 0.3) is 0 Å². The van der Waals surface area contributed by atoms with E-state index in [0.29, 0.717) is 13.1 Å². The van der Waals surface area contributed by atoms with Crippen molar-refractivity contribution in [3.8, 4) is 0 Å². The van der Waals surface area contributed by atoms with Gasteiger partial charge in [-0.1, -0.05) is 18.2 Å². The summed E-state index contributed by atoms with van der Waals surface area (Å²) < 4.78 is 14.2. The number of aromatic nitrogens is 2. The van der Waals surface area contributed by atoms with Crippen molar-refractivity contribution in [2.24, 2.45) is 0 Å². The second-order valence-corrected chi connectivity index (χ2v) is 8.86. The van der Waals surface area contributed by atoms with Crippen LogP contribution in [0.4, 0.5) is 10.5 Å². The monoisotopic (exact) mass is 396 g/mol. The van der Waals surface area contributed by atoms with Gasteiger partial charge in [0.1, 0.15) is 0 Å². The average Bonchev–Trinajstić information content (AvgIpc) is 3.25. The fourth-order valence-corrected chi connectivity index (χ4v) is 3.71. The molecule has 2 amide bonds. The fourth-order valence-electron chi connectivity index (χ4n) is 3.71. The summed E-state index contributed by atoms with van der Waals surface area (Å²) in [5.74, 6) is 0. The van der Waals surface area contributed by atoms with Gasteiger partial charge in [-0.15, -0.1) is 0 Å². The summed E-state index contributed by atoms with van der Waals surface area (Å²) in [6, 6.07) is 9.77. The lowest BCUT2D eigenvalue weighted by Gasteiger charge is -2.32. The Morgan fingerprint density at radius 3 is 2.34 bits per heavy atom. The molecule has 0 radical (unpaired) electrons. The van der Waals surface area contributed by atoms with Crippen LogP contribution < -0.4 is 10.8 Å². The smallest absolute Gasteiger partial charge is 0.399 e. The highest BCUT2D eigenvalue weighted by Gasteiger charge is 2.52. The van der Waals surface area contributed by atoms with Crippen molar-refractivity contribution in [1.29, 1.82) is 0 Å². The number of rotatable bonds is 3. The topological polar surface area (TPSA) is 68.6 Å². The summed E-state index contributed by atoms with van der Waals surface area (Å²) in [6.45, 7) is 9.60. The third-order valence-corrected chi connectivity index (χ3v) is 6.30. The Kier molecular flexibility index (Phi) is 5.17. The third-order valence-electron chi connectivity index (χ3n) is 6.30. The Morgan fingerprint density at radius 2 is 1.72 bits per heavy atom. The zero-order valence-electron chi connectivity index (χ0n) is 17.6. The van der Waals surface area contributed by atoms with Gasteiger partial charge in [0.25, 0.3) is 0 Å². The number of piperidine rings is 1. The van der Waals surface area contributed by atoms with E-state index in [1.807, 2.05) is 80.0 Å². The minimum absolute atomic E-state index is 0.0481. The lowest BCUT2D eigenvalue weighted by molar-refractivity contribution is 0.00578. The summed E-state index contributed by atoms with van der Waals surface area (Å²) in [4.78, 5) is 14.3. The molecule has 154 valence electrons. The van der Waals surface area contributed by atoms with Crippen LogP contribution in [0.2, 0.25) is 0 Å². The SMILES string of the molecule is CC1(C)OB(c2cnn(C3CCN(C(=O)Nc4ccccc4)CC3)c2)OC1(C)C. The Hall–Kier alpha value is -2.32. The molecule has 0 saturated carbocycles. The number of hydrogen-bond donors (Lipinski definition) is 1. The minimum Gasteiger partial charge on any atom is -0.399 e. The number of hydrogen-bond acceptors (Lipinski definition) is 4. The molecule has 0 aliphatic carbocycles. The van der Waals surface area contributed by atoms with Gasteiger partial charge in [0, 0.05) is 36.6 Å². The van der Waals surface area contributed by atoms with Crippen LogP contribution >= 0.6 is 0 Å². The molecule has 3 heterocycles. The largest absolute Gasteiger partial charge is 0.498 e. The molecule has 0 spiro atoms. The predicted octanol–water partition coefficient (Wildman–Crippen LogP) is 3.05. The number of carbonyl (C=O) groups excluding carboxylic acids is 1. The Bertz CT molecular complexity index is 844. The van der Waals surface area contributed by atoms with Crippen molar-refractivity contribution < 1.29 is 14.1 Å². The van der Waals surface area contributed by atoms with E-state index in [1.54, 1.807) is 0 Å². The first kappa shape index (κ1) is 20.0. The normalized spacial score (nSPS) is 21.4. The molecule has 1 aromatic heterocycles. The first-order valence-corrected chi connectivity index (χ1v) is 10.3. The Balaban J connectivity index is 1.33. The molecule has 8 heteroatoms. The van der Waals surface area contributed by atoms with E-state index < -0.39 is 7.12 Å². The van der Waals surface area contributed by atoms with E-state index in [1.165, 1.54) is 0 Å². The Morgan fingerprint density at radius 1 is 1.10 bits per heavy atom. The zero-order valence-corrected chi connectivity index (χ0v) is 17.6. The van der Waals surface area contributed by atoms with E-state index >= 15 is 0 Å². The van der Waals surface area contributed by atoms with Crippen LogP contribution in [0.15, 0.2) is 42.7 Å². The predicted molar refractivity (Wildman–Crippen MR) is 113 cm³/mol. The number of carbonyl (C=O) groups is 1. The Labute approximate surface area is 172 Å². The number of nitrogens with zero attached hydrogens (tertiary/aromatic N) is 3. The van der Waals surface area contributed by atoms with Crippen molar-refractivity contribution >= 4 is 24.3 Å². The summed E-state index contributed by atoms with van der Waals surface area (Å²) >= 11 is 0. The number of urea groups is 1. The van der Waals surface area contributed by atoms with Crippen LogP contribution in [-0.4, -0.2) is 52.1 Å². The second-order valence-electron chi connectivity index (χ2n) is 8.86. The minimum atomic E-state index is -0.398. The van der Waals surface area contributed by atoms with Gasteiger partial charge in [-0.25, -0.2) is 4.79 Å². The van der Waals surface area contributed by atoms with E-state index in [9.17, 15) is 4.79 Å². The maximum absolute atomic E-state index is 12.5. The molecule has 0 unspecified atom stereocenters. The zero-order chi connectivity index (χ0) is 20.6. The lowest BCUT2D eigenvalue weighted by Crippen LogP contribution is -2.41. The van der Waals surface area contributed by atoms with Crippen LogP contribution in [0, 0.1) is 0 Å². The van der Waals surface area contributed by atoms with Crippen LogP contribution in [-0.2, 0) is 9.31 Å². The summed E-state index contributed by atoms with van der Waals surface area (Å²) in [7, 11) is -0.398. The summed E-state index contributed by atoms with van der Waals surface area (Å²) in [5.41, 5.74) is 1.03. The van der Waals surface area contributed by atoms with Crippen molar-refractivity contribution in [3.05, 3.63) is 42.7 Å². The maximum atomic E-state index is 12.5. The molecule has 7 nitrogen and oxygen atoms in total. The number of likely N-dealkylation sites (tertiary alicyclic amines) is 1. The highest BCUT2D eigenvalue weighted by Crippen LogP contribution is 2.36. The fraction of sp³-hybridized carbons (Fsp3) is 0.524. The molecule has 1 aromatic carbocycles. The van der Waals surface area contributed by atoms with Gasteiger partial charge in [0.15, 0.2) is 0 Å². The van der Waals surface area contributed by atoms with Crippen LogP contribution in [0.3, 0.4) is 0 Å². The molecule has 2 aliphatic heterocycles. The highest BCUT2D eigenvalue weighted by molar-refractivity contribution is 6.62. The van der Waals surface area contributed by atoms with Gasteiger partial charge < -0.3 is 19.5 Å². The molecule has 2 saturated heterocycles. The molecule has 0 atom stereocenters. The van der Waals surface area contributed by atoms with Gasteiger partial charge >= 0.3 is 13.1 Å². The number of amides is 2. The van der Waals surface area contributed by atoms with E-state index in [-0.39, 0.29) is 23.3 Å². The average molecular weight is 396 g/mol. The first-order chi connectivity index (χ1) is 13.7. The quantitative estimate of drug-likeness (QED) is 0.810. The molecular weight excluding hydrogens is 367 g/mol. The van der Waals surface area contributed by atoms with E-state index in [2.05, 4.69) is 10.4 Å². The third kappa shape index (κ3) is 4.04. The van der Waals surface area contributed by atoms with Gasteiger partial charge in [-0.2, -0.15) is 5.10 Å². The first-order valence-electron chi connectivity index (χ1n) is 10.3. The number of benzene rings is 1. The molecule has 1 N–H and O–H groups in total. The van der Waals surface area contributed by atoms with Crippen LogP contribution in [0.5, 0.6) is 0 Å². The van der Waals surface area contributed by atoms with Gasteiger partial charge in [0.2, 0.25) is 0 Å². The number of para-hydroxylation sites is 1. The van der Waals surface area contributed by atoms with Crippen molar-refractivity contribution in [1.82, 2.24) is 14.7 Å². The molecule has 2 aliphatic rings. The molecule has 0 bridgehead atoms.